The fraction of sp³-hybridized carbons (Fsp3) is 0.895. The first-order valence-electron chi connectivity index (χ1n) is 10.4. The average molecular weight is 439 g/mol. The first-order chi connectivity index (χ1) is 13.7. The lowest BCUT2D eigenvalue weighted by Gasteiger charge is -2.32. The summed E-state index contributed by atoms with van der Waals surface area (Å²) in [6.07, 6.45) is -1.82. The number of amides is 1. The van der Waals surface area contributed by atoms with Crippen LogP contribution in [-0.4, -0.2) is 53.5 Å². The SMILES string of the molecule is CC1NC(C(=O)NC(=NC2CCC(F)CC2)NC2CCCC(C(F)(F)F)C2)CS1. The second-order valence-electron chi connectivity index (χ2n) is 8.31. The highest BCUT2D eigenvalue weighted by molar-refractivity contribution is 8.00. The van der Waals surface area contributed by atoms with Gasteiger partial charge in [-0.05, 0) is 51.9 Å². The van der Waals surface area contributed by atoms with Gasteiger partial charge in [-0.25, -0.2) is 9.38 Å². The van der Waals surface area contributed by atoms with Gasteiger partial charge in [0.25, 0.3) is 0 Å². The number of nitrogens with one attached hydrogen (secondary N) is 3. The quantitative estimate of drug-likeness (QED) is 0.359. The van der Waals surface area contributed by atoms with E-state index in [0.717, 1.165) is 0 Å². The summed E-state index contributed by atoms with van der Waals surface area (Å²) in [7, 11) is 0. The molecule has 0 bridgehead atoms. The fourth-order valence-corrected chi connectivity index (χ4v) is 5.23. The zero-order valence-corrected chi connectivity index (χ0v) is 17.4. The number of aliphatic imine (C=N–C) groups is 1. The number of alkyl halides is 4. The smallest absolute Gasteiger partial charge is 0.353 e. The van der Waals surface area contributed by atoms with E-state index >= 15 is 0 Å². The molecule has 2 aliphatic carbocycles. The predicted octanol–water partition coefficient (Wildman–Crippen LogP) is 3.50. The average Bonchev–Trinajstić information content (AvgIpc) is 3.10. The van der Waals surface area contributed by atoms with Crippen LogP contribution in [0.4, 0.5) is 17.6 Å². The van der Waals surface area contributed by atoms with E-state index in [2.05, 4.69) is 20.9 Å². The molecular weight excluding hydrogens is 408 g/mol. The minimum atomic E-state index is -4.21. The third kappa shape index (κ3) is 6.73. The van der Waals surface area contributed by atoms with Crippen molar-refractivity contribution in [3.8, 4) is 0 Å². The van der Waals surface area contributed by atoms with Gasteiger partial charge in [0.2, 0.25) is 5.91 Å². The van der Waals surface area contributed by atoms with Gasteiger partial charge in [0.15, 0.2) is 5.96 Å². The van der Waals surface area contributed by atoms with Crippen molar-refractivity contribution < 1.29 is 22.4 Å². The van der Waals surface area contributed by atoms with Crippen molar-refractivity contribution in [2.75, 3.05) is 5.75 Å². The van der Waals surface area contributed by atoms with Crippen LogP contribution in [0.3, 0.4) is 0 Å². The summed E-state index contributed by atoms with van der Waals surface area (Å²) < 4.78 is 52.8. The van der Waals surface area contributed by atoms with Crippen molar-refractivity contribution in [1.82, 2.24) is 16.0 Å². The normalized spacial score (nSPS) is 36.7. The number of carbonyl (C=O) groups excluding carboxylic acids is 1. The molecule has 1 aliphatic heterocycles. The second kappa shape index (κ2) is 9.85. The van der Waals surface area contributed by atoms with Crippen LogP contribution in [0.5, 0.6) is 0 Å². The number of thioether (sulfide) groups is 1. The summed E-state index contributed by atoms with van der Waals surface area (Å²) in [5, 5.41) is 9.20. The van der Waals surface area contributed by atoms with Gasteiger partial charge in [-0.3, -0.25) is 15.4 Å². The summed E-state index contributed by atoms with van der Waals surface area (Å²) in [6.45, 7) is 1.97. The molecule has 4 atom stereocenters. The Morgan fingerprint density at radius 1 is 1.14 bits per heavy atom. The third-order valence-electron chi connectivity index (χ3n) is 5.92. The Kier molecular flexibility index (Phi) is 7.69. The van der Waals surface area contributed by atoms with E-state index in [9.17, 15) is 22.4 Å². The standard InChI is InChI=1S/C19H30F4N4OS/c1-11-24-16(10-29-11)17(28)27-18(25-14-7-5-13(20)6-8-14)26-15-4-2-3-12(9-15)19(21,22)23/h11-16,24H,2-10H2,1H3,(H2,25,26,27,28). The molecule has 0 radical (unpaired) electrons. The molecular formula is C19H30F4N4OS. The Labute approximate surface area is 173 Å². The minimum Gasteiger partial charge on any atom is -0.353 e. The molecule has 29 heavy (non-hydrogen) atoms. The Hall–Kier alpha value is -1.03. The highest BCUT2D eigenvalue weighted by Crippen LogP contribution is 2.37. The van der Waals surface area contributed by atoms with Crippen molar-refractivity contribution in [2.24, 2.45) is 10.9 Å². The van der Waals surface area contributed by atoms with E-state index in [1.165, 1.54) is 0 Å². The number of halogens is 4. The van der Waals surface area contributed by atoms with Crippen LogP contribution in [-0.2, 0) is 4.79 Å². The van der Waals surface area contributed by atoms with Crippen LogP contribution < -0.4 is 16.0 Å². The molecule has 4 unspecified atom stereocenters. The Morgan fingerprint density at radius 2 is 1.86 bits per heavy atom. The van der Waals surface area contributed by atoms with E-state index in [4.69, 9.17) is 0 Å². The van der Waals surface area contributed by atoms with Crippen LogP contribution in [0, 0.1) is 5.92 Å². The summed E-state index contributed by atoms with van der Waals surface area (Å²) in [4.78, 5) is 17.2. The predicted molar refractivity (Wildman–Crippen MR) is 107 cm³/mol. The van der Waals surface area contributed by atoms with Gasteiger partial charge in [0, 0.05) is 11.8 Å². The minimum absolute atomic E-state index is 0.0236. The maximum Gasteiger partial charge on any atom is 0.391 e. The topological polar surface area (TPSA) is 65.5 Å². The summed E-state index contributed by atoms with van der Waals surface area (Å²) >= 11 is 1.64. The number of hydrogen-bond acceptors (Lipinski definition) is 4. The molecule has 1 heterocycles. The molecule has 10 heteroatoms. The van der Waals surface area contributed by atoms with Crippen molar-refractivity contribution in [3.63, 3.8) is 0 Å². The maximum absolute atomic E-state index is 13.4. The highest BCUT2D eigenvalue weighted by Gasteiger charge is 2.42. The lowest BCUT2D eigenvalue weighted by Crippen LogP contribution is -2.53. The van der Waals surface area contributed by atoms with Gasteiger partial charge in [0.1, 0.15) is 6.17 Å². The summed E-state index contributed by atoms with van der Waals surface area (Å²) in [5.41, 5.74) is 0. The van der Waals surface area contributed by atoms with Crippen molar-refractivity contribution in [3.05, 3.63) is 0 Å². The zero-order chi connectivity index (χ0) is 21.0. The number of guanidine groups is 1. The van der Waals surface area contributed by atoms with Gasteiger partial charge in [-0.2, -0.15) is 13.2 Å². The molecule has 0 aromatic heterocycles. The Morgan fingerprint density at radius 3 is 2.48 bits per heavy atom. The second-order valence-corrected chi connectivity index (χ2v) is 9.69. The highest BCUT2D eigenvalue weighted by atomic mass is 32.2. The zero-order valence-electron chi connectivity index (χ0n) is 16.6. The molecule has 0 spiro atoms. The van der Waals surface area contributed by atoms with Crippen molar-refractivity contribution >= 4 is 23.6 Å². The van der Waals surface area contributed by atoms with Crippen molar-refractivity contribution in [1.29, 1.82) is 0 Å². The summed E-state index contributed by atoms with van der Waals surface area (Å²) in [5.74, 6) is -0.708. The van der Waals surface area contributed by atoms with Gasteiger partial charge in [-0.15, -0.1) is 11.8 Å². The van der Waals surface area contributed by atoms with Gasteiger partial charge >= 0.3 is 6.18 Å². The Bertz CT molecular complexity index is 595. The molecule has 2 saturated carbocycles. The molecule has 3 fully saturated rings. The van der Waals surface area contributed by atoms with Crippen LogP contribution in [0.15, 0.2) is 4.99 Å². The van der Waals surface area contributed by atoms with E-state index in [1.54, 1.807) is 11.8 Å². The van der Waals surface area contributed by atoms with E-state index < -0.39 is 24.3 Å². The fourth-order valence-electron chi connectivity index (χ4n) is 4.24. The number of rotatable bonds is 3. The molecule has 166 valence electrons. The lowest BCUT2D eigenvalue weighted by atomic mass is 9.85. The molecule has 5 nitrogen and oxygen atoms in total. The van der Waals surface area contributed by atoms with Crippen LogP contribution in [0.25, 0.3) is 0 Å². The third-order valence-corrected chi connectivity index (χ3v) is 7.08. The Balaban J connectivity index is 1.66. The van der Waals surface area contributed by atoms with E-state index in [1.807, 2.05) is 6.92 Å². The van der Waals surface area contributed by atoms with Crippen LogP contribution >= 0.6 is 11.8 Å². The van der Waals surface area contributed by atoms with E-state index in [0.29, 0.717) is 44.3 Å². The molecule has 3 rings (SSSR count). The molecule has 0 aromatic rings. The monoisotopic (exact) mass is 438 g/mol. The number of hydrogen-bond donors (Lipinski definition) is 3. The van der Waals surface area contributed by atoms with Gasteiger partial charge < -0.3 is 5.32 Å². The molecule has 0 aromatic carbocycles. The van der Waals surface area contributed by atoms with E-state index in [-0.39, 0.29) is 42.2 Å². The lowest BCUT2D eigenvalue weighted by molar-refractivity contribution is -0.183. The number of carbonyl (C=O) groups is 1. The molecule has 1 saturated heterocycles. The van der Waals surface area contributed by atoms with Crippen LogP contribution in [0.1, 0.15) is 58.3 Å². The first kappa shape index (κ1) is 22.7. The molecule has 1 amide bonds. The maximum atomic E-state index is 13.4. The largest absolute Gasteiger partial charge is 0.391 e. The van der Waals surface area contributed by atoms with Crippen molar-refractivity contribution in [2.45, 2.75) is 94.1 Å². The number of nitrogens with zero attached hydrogens (tertiary/aromatic N) is 1. The van der Waals surface area contributed by atoms with Gasteiger partial charge in [0.05, 0.1) is 23.4 Å². The van der Waals surface area contributed by atoms with Crippen LogP contribution in [0.2, 0.25) is 0 Å². The molecule has 3 aliphatic rings. The summed E-state index contributed by atoms with van der Waals surface area (Å²) in [6, 6.07) is -0.883. The van der Waals surface area contributed by atoms with Gasteiger partial charge in [-0.1, -0.05) is 6.42 Å². The molecule has 3 N–H and O–H groups in total. The first-order valence-corrected chi connectivity index (χ1v) is 11.5.